The number of hydrogen-bond acceptors (Lipinski definition) is 2. The smallest absolute Gasteiger partial charge is 0.251 e. The summed E-state index contributed by atoms with van der Waals surface area (Å²) in [5, 5.41) is 2.72. The Hall–Kier alpha value is -1.79. The lowest BCUT2D eigenvalue weighted by molar-refractivity contribution is 0.0937. The molecule has 0 spiro atoms. The summed E-state index contributed by atoms with van der Waals surface area (Å²) in [5.41, 5.74) is 1.27. The van der Waals surface area contributed by atoms with Crippen molar-refractivity contribution in [2.24, 2.45) is 0 Å². The van der Waals surface area contributed by atoms with Gasteiger partial charge in [0.25, 0.3) is 5.91 Å². The summed E-state index contributed by atoms with van der Waals surface area (Å²) in [4.78, 5) is 11.6. The van der Waals surface area contributed by atoms with Gasteiger partial charge in [-0.15, -0.1) is 6.42 Å². The van der Waals surface area contributed by atoms with E-state index in [0.29, 0.717) is 24.3 Å². The quantitative estimate of drug-likeness (QED) is 0.586. The Labute approximate surface area is 89.4 Å². The number of methoxy groups -OCH3 is 1. The van der Waals surface area contributed by atoms with E-state index in [1.807, 2.05) is 0 Å². The third-order valence-corrected chi connectivity index (χ3v) is 1.88. The number of amides is 1. The average molecular weight is 203 g/mol. The molecule has 3 nitrogen and oxygen atoms in total. The van der Waals surface area contributed by atoms with Crippen LogP contribution in [0.25, 0.3) is 0 Å². The summed E-state index contributed by atoms with van der Waals surface area (Å²) in [6.07, 6.45) is 5.24. The molecule has 1 rings (SSSR count). The lowest BCUT2D eigenvalue weighted by Gasteiger charge is -2.04. The topological polar surface area (TPSA) is 38.3 Å². The second kappa shape index (κ2) is 5.84. The maximum Gasteiger partial charge on any atom is 0.251 e. The average Bonchev–Trinajstić information content (AvgIpc) is 2.29. The van der Waals surface area contributed by atoms with Gasteiger partial charge in [-0.2, -0.15) is 0 Å². The first-order chi connectivity index (χ1) is 7.27. The van der Waals surface area contributed by atoms with Crippen LogP contribution in [0.1, 0.15) is 15.9 Å². The Morgan fingerprint density at radius 3 is 3.07 bits per heavy atom. The second-order valence-electron chi connectivity index (χ2n) is 2.97. The second-order valence-corrected chi connectivity index (χ2v) is 2.97. The predicted molar refractivity (Wildman–Crippen MR) is 58.6 cm³/mol. The molecule has 0 atom stereocenters. The Morgan fingerprint density at radius 1 is 1.60 bits per heavy atom. The van der Waals surface area contributed by atoms with E-state index in [1.54, 1.807) is 31.4 Å². The van der Waals surface area contributed by atoms with Crippen LogP contribution in [0.15, 0.2) is 24.3 Å². The summed E-state index contributed by atoms with van der Waals surface area (Å²) in [7, 11) is 1.59. The fourth-order valence-electron chi connectivity index (χ4n) is 1.12. The van der Waals surface area contributed by atoms with Gasteiger partial charge in [-0.1, -0.05) is 12.0 Å². The van der Waals surface area contributed by atoms with Gasteiger partial charge in [0.1, 0.15) is 0 Å². The van der Waals surface area contributed by atoms with Gasteiger partial charge < -0.3 is 10.1 Å². The third kappa shape index (κ3) is 3.45. The van der Waals surface area contributed by atoms with Gasteiger partial charge in [0.15, 0.2) is 0 Å². The number of terminal acetylenes is 1. The van der Waals surface area contributed by atoms with Crippen LogP contribution < -0.4 is 5.32 Å². The molecule has 0 fully saturated rings. The highest BCUT2D eigenvalue weighted by Crippen LogP contribution is 2.03. The maximum absolute atomic E-state index is 11.6. The van der Waals surface area contributed by atoms with Gasteiger partial charge in [0.2, 0.25) is 0 Å². The zero-order chi connectivity index (χ0) is 11.1. The minimum absolute atomic E-state index is 0.135. The summed E-state index contributed by atoms with van der Waals surface area (Å²) in [6.45, 7) is 0.996. The molecule has 1 amide bonds. The van der Waals surface area contributed by atoms with Gasteiger partial charge in [0, 0.05) is 24.8 Å². The molecular weight excluding hydrogens is 190 g/mol. The lowest BCUT2D eigenvalue weighted by Crippen LogP contribution is -2.26. The molecule has 0 unspecified atom stereocenters. The summed E-state index contributed by atoms with van der Waals surface area (Å²) in [6, 6.07) is 6.96. The first kappa shape index (κ1) is 11.3. The molecule has 0 aliphatic rings. The molecule has 0 saturated heterocycles. The fraction of sp³-hybridized carbons (Fsp3) is 0.250. The first-order valence-electron chi connectivity index (χ1n) is 4.61. The van der Waals surface area contributed by atoms with Crippen molar-refractivity contribution in [1.29, 1.82) is 0 Å². The number of ether oxygens (including phenoxy) is 1. The monoisotopic (exact) mass is 203 g/mol. The van der Waals surface area contributed by atoms with Gasteiger partial charge in [-0.3, -0.25) is 4.79 Å². The highest BCUT2D eigenvalue weighted by atomic mass is 16.5. The molecule has 0 bridgehead atoms. The molecule has 1 aromatic rings. The van der Waals surface area contributed by atoms with Crippen molar-refractivity contribution >= 4 is 5.91 Å². The van der Waals surface area contributed by atoms with Gasteiger partial charge >= 0.3 is 0 Å². The Kier molecular flexibility index (Phi) is 4.39. The van der Waals surface area contributed by atoms with E-state index in [0.717, 1.165) is 0 Å². The summed E-state index contributed by atoms with van der Waals surface area (Å²) >= 11 is 0. The van der Waals surface area contributed by atoms with Gasteiger partial charge in [-0.05, 0) is 18.2 Å². The zero-order valence-corrected chi connectivity index (χ0v) is 8.62. The highest BCUT2D eigenvalue weighted by Gasteiger charge is 2.04. The largest absolute Gasteiger partial charge is 0.383 e. The van der Waals surface area contributed by atoms with Crippen LogP contribution in [0.4, 0.5) is 0 Å². The molecule has 0 aliphatic carbocycles. The zero-order valence-electron chi connectivity index (χ0n) is 8.62. The normalized spacial score (nSPS) is 9.33. The van der Waals surface area contributed by atoms with E-state index in [2.05, 4.69) is 11.2 Å². The SMILES string of the molecule is C#Cc1cccc(C(=O)NCCOC)c1. The molecule has 3 heteroatoms. The number of carbonyl (C=O) groups excluding carboxylic acids is 1. The van der Waals surface area contributed by atoms with Crippen LogP contribution in [0, 0.1) is 12.3 Å². The van der Waals surface area contributed by atoms with Crippen LogP contribution in [-0.2, 0) is 4.74 Å². The van der Waals surface area contributed by atoms with Crippen molar-refractivity contribution in [3.8, 4) is 12.3 Å². The summed E-state index contributed by atoms with van der Waals surface area (Å²) < 4.78 is 4.83. The Morgan fingerprint density at radius 2 is 2.40 bits per heavy atom. The molecule has 0 saturated carbocycles. The predicted octanol–water partition coefficient (Wildman–Crippen LogP) is 1.04. The van der Waals surface area contributed by atoms with Crippen molar-refractivity contribution in [3.05, 3.63) is 35.4 Å². The van der Waals surface area contributed by atoms with E-state index in [9.17, 15) is 4.79 Å². The van der Waals surface area contributed by atoms with Crippen LogP contribution in [-0.4, -0.2) is 26.2 Å². The number of benzene rings is 1. The van der Waals surface area contributed by atoms with E-state index in [-0.39, 0.29) is 5.91 Å². The van der Waals surface area contributed by atoms with Crippen molar-refractivity contribution in [3.63, 3.8) is 0 Å². The number of nitrogens with one attached hydrogen (secondary N) is 1. The van der Waals surface area contributed by atoms with Crippen molar-refractivity contribution < 1.29 is 9.53 Å². The van der Waals surface area contributed by atoms with Crippen LogP contribution in [0.5, 0.6) is 0 Å². The summed E-state index contributed by atoms with van der Waals surface area (Å²) in [5.74, 6) is 2.35. The molecule has 1 aromatic carbocycles. The van der Waals surface area contributed by atoms with Crippen LogP contribution in [0.3, 0.4) is 0 Å². The van der Waals surface area contributed by atoms with Gasteiger partial charge in [0.05, 0.1) is 6.61 Å². The minimum atomic E-state index is -0.135. The maximum atomic E-state index is 11.6. The molecule has 1 N–H and O–H groups in total. The molecule has 0 aromatic heterocycles. The van der Waals surface area contributed by atoms with E-state index in [1.165, 1.54) is 0 Å². The molecule has 0 heterocycles. The Balaban J connectivity index is 2.62. The Bertz CT molecular complexity index is 379. The van der Waals surface area contributed by atoms with Crippen LogP contribution >= 0.6 is 0 Å². The number of rotatable bonds is 4. The van der Waals surface area contributed by atoms with E-state index in [4.69, 9.17) is 11.2 Å². The minimum Gasteiger partial charge on any atom is -0.383 e. The fourth-order valence-corrected chi connectivity index (χ4v) is 1.12. The van der Waals surface area contributed by atoms with E-state index < -0.39 is 0 Å². The number of carbonyl (C=O) groups is 1. The lowest BCUT2D eigenvalue weighted by atomic mass is 10.1. The van der Waals surface area contributed by atoms with E-state index >= 15 is 0 Å². The number of hydrogen-bond donors (Lipinski definition) is 1. The molecule has 15 heavy (non-hydrogen) atoms. The molecule has 78 valence electrons. The first-order valence-corrected chi connectivity index (χ1v) is 4.61. The van der Waals surface area contributed by atoms with Gasteiger partial charge in [-0.25, -0.2) is 0 Å². The third-order valence-electron chi connectivity index (χ3n) is 1.88. The standard InChI is InChI=1S/C12H13NO2/c1-3-10-5-4-6-11(9-10)12(14)13-7-8-15-2/h1,4-6,9H,7-8H2,2H3,(H,13,14). The molecule has 0 aliphatic heterocycles. The van der Waals surface area contributed by atoms with Crippen molar-refractivity contribution in [2.75, 3.05) is 20.3 Å². The molecular formula is C12H13NO2. The van der Waals surface area contributed by atoms with Crippen LogP contribution in [0.2, 0.25) is 0 Å². The van der Waals surface area contributed by atoms with Crippen molar-refractivity contribution in [1.82, 2.24) is 5.32 Å². The van der Waals surface area contributed by atoms with Crippen molar-refractivity contribution in [2.45, 2.75) is 0 Å². The highest BCUT2D eigenvalue weighted by molar-refractivity contribution is 5.94. The molecule has 0 radical (unpaired) electrons.